The van der Waals surface area contributed by atoms with Crippen molar-refractivity contribution in [3.63, 3.8) is 0 Å². The Labute approximate surface area is 141 Å². The van der Waals surface area contributed by atoms with E-state index in [4.69, 9.17) is 14.2 Å². The largest absolute Gasteiger partial charge is 0.481 e. The molecule has 5 rings (SSSR count). The summed E-state index contributed by atoms with van der Waals surface area (Å²) in [5, 5.41) is 9.71. The standard InChI is InChI=1S/C18H24O6/c1-10(2)15(19)22-8-14-9-23-18(24-14)12-3-11-4-13(18)7-17(5-11,6-12)16(20)21/h11-14H,1,3-9H2,2H3,(H,20,21). The molecule has 0 aromatic rings. The van der Waals surface area contributed by atoms with E-state index in [0.717, 1.165) is 19.3 Å². The van der Waals surface area contributed by atoms with E-state index >= 15 is 0 Å². The second-order valence-electron chi connectivity index (χ2n) is 8.08. The molecule has 1 spiro atoms. The number of carboxylic acids is 1. The number of hydrogen-bond acceptors (Lipinski definition) is 5. The van der Waals surface area contributed by atoms with Crippen LogP contribution >= 0.6 is 0 Å². The molecule has 1 N–H and O–H groups in total. The summed E-state index contributed by atoms with van der Waals surface area (Å²) in [7, 11) is 0. The lowest BCUT2D eigenvalue weighted by Gasteiger charge is -2.61. The molecule has 5 aliphatic rings. The predicted molar refractivity (Wildman–Crippen MR) is 83.0 cm³/mol. The molecule has 0 radical (unpaired) electrons. The number of rotatable bonds is 4. The Hall–Kier alpha value is -1.40. The summed E-state index contributed by atoms with van der Waals surface area (Å²) < 4.78 is 17.6. The van der Waals surface area contributed by atoms with Gasteiger partial charge in [0.05, 0.1) is 12.0 Å². The summed E-state index contributed by atoms with van der Waals surface area (Å²) in [6, 6.07) is 0. The molecular weight excluding hydrogens is 312 g/mol. The van der Waals surface area contributed by atoms with Crippen LogP contribution in [0.25, 0.3) is 0 Å². The van der Waals surface area contributed by atoms with Crippen molar-refractivity contribution in [2.75, 3.05) is 13.2 Å². The maximum absolute atomic E-state index is 11.8. The highest BCUT2D eigenvalue weighted by molar-refractivity contribution is 5.86. The van der Waals surface area contributed by atoms with E-state index in [1.165, 1.54) is 0 Å². The van der Waals surface area contributed by atoms with Gasteiger partial charge in [0.15, 0.2) is 5.79 Å². The Balaban J connectivity index is 1.47. The molecule has 1 heterocycles. The first-order valence-corrected chi connectivity index (χ1v) is 8.72. The van der Waals surface area contributed by atoms with Crippen molar-refractivity contribution in [2.24, 2.45) is 23.2 Å². The molecule has 132 valence electrons. The maximum atomic E-state index is 11.8. The van der Waals surface area contributed by atoms with Crippen molar-refractivity contribution < 1.29 is 28.9 Å². The first-order chi connectivity index (χ1) is 11.3. The topological polar surface area (TPSA) is 82.1 Å². The zero-order chi connectivity index (χ0) is 17.1. The fraction of sp³-hybridized carbons (Fsp3) is 0.778. The van der Waals surface area contributed by atoms with Gasteiger partial charge >= 0.3 is 11.9 Å². The van der Waals surface area contributed by atoms with Crippen LogP contribution in [0.4, 0.5) is 0 Å². The molecule has 4 saturated carbocycles. The van der Waals surface area contributed by atoms with Gasteiger partial charge in [0, 0.05) is 17.4 Å². The van der Waals surface area contributed by atoms with E-state index in [0.29, 0.717) is 30.9 Å². The molecule has 0 amide bonds. The third-order valence-electron chi connectivity index (χ3n) is 6.38. The number of hydrogen-bond donors (Lipinski definition) is 1. The number of ether oxygens (including phenoxy) is 3. The van der Waals surface area contributed by atoms with Gasteiger partial charge in [0.1, 0.15) is 12.7 Å². The molecule has 0 aromatic heterocycles. The van der Waals surface area contributed by atoms with Gasteiger partial charge in [-0.2, -0.15) is 0 Å². The van der Waals surface area contributed by atoms with E-state index in [2.05, 4.69) is 6.58 Å². The van der Waals surface area contributed by atoms with E-state index in [1.54, 1.807) is 6.92 Å². The minimum absolute atomic E-state index is 0.127. The number of carbonyl (C=O) groups excluding carboxylic acids is 1. The van der Waals surface area contributed by atoms with Crippen LogP contribution in [-0.4, -0.2) is 42.1 Å². The van der Waals surface area contributed by atoms with E-state index in [9.17, 15) is 14.7 Å². The first-order valence-electron chi connectivity index (χ1n) is 8.72. The van der Waals surface area contributed by atoms with Gasteiger partial charge in [0.25, 0.3) is 0 Å². The smallest absolute Gasteiger partial charge is 0.333 e. The third kappa shape index (κ3) is 2.23. The predicted octanol–water partition coefficient (Wildman–Crippen LogP) is 2.13. The minimum Gasteiger partial charge on any atom is -0.481 e. The van der Waals surface area contributed by atoms with Crippen molar-refractivity contribution in [1.82, 2.24) is 0 Å². The van der Waals surface area contributed by atoms with Gasteiger partial charge in [-0.1, -0.05) is 6.58 Å². The van der Waals surface area contributed by atoms with Crippen LogP contribution in [0.15, 0.2) is 12.2 Å². The molecular formula is C18H24O6. The van der Waals surface area contributed by atoms with Gasteiger partial charge < -0.3 is 19.3 Å². The van der Waals surface area contributed by atoms with Gasteiger partial charge in [-0.05, 0) is 44.9 Å². The highest BCUT2D eigenvalue weighted by atomic mass is 16.8. The van der Waals surface area contributed by atoms with Crippen molar-refractivity contribution in [3.05, 3.63) is 12.2 Å². The number of carbonyl (C=O) groups is 2. The van der Waals surface area contributed by atoms with Crippen molar-refractivity contribution in [1.29, 1.82) is 0 Å². The molecule has 3 unspecified atom stereocenters. The quantitative estimate of drug-likeness (QED) is 0.625. The van der Waals surface area contributed by atoms with Gasteiger partial charge in [-0.3, -0.25) is 4.79 Å². The van der Waals surface area contributed by atoms with Gasteiger partial charge in [-0.25, -0.2) is 4.79 Å². The Morgan fingerprint density at radius 3 is 2.50 bits per heavy atom. The Kier molecular flexibility index (Phi) is 3.55. The van der Waals surface area contributed by atoms with Crippen LogP contribution in [-0.2, 0) is 23.8 Å². The number of aliphatic carboxylic acids is 1. The lowest BCUT2D eigenvalue weighted by atomic mass is 9.47. The summed E-state index contributed by atoms with van der Waals surface area (Å²) in [6.45, 7) is 5.72. The second kappa shape index (κ2) is 5.30. The fourth-order valence-corrected chi connectivity index (χ4v) is 5.54. The molecule has 6 heteroatoms. The molecule has 3 atom stereocenters. The van der Waals surface area contributed by atoms with Gasteiger partial charge in [0.2, 0.25) is 0 Å². The van der Waals surface area contributed by atoms with Crippen molar-refractivity contribution >= 4 is 11.9 Å². The van der Waals surface area contributed by atoms with Crippen molar-refractivity contribution in [2.45, 2.75) is 50.9 Å². The summed E-state index contributed by atoms with van der Waals surface area (Å²) in [5.41, 5.74) is -0.222. The molecule has 4 aliphatic carbocycles. The SMILES string of the molecule is C=C(C)C(=O)OCC1COC2(O1)C1CC3CC2CC(C(=O)O)(C3)C1. The molecule has 5 fully saturated rings. The first kappa shape index (κ1) is 16.1. The summed E-state index contributed by atoms with van der Waals surface area (Å²) in [5.74, 6) is -1.04. The Morgan fingerprint density at radius 2 is 1.92 bits per heavy atom. The third-order valence-corrected chi connectivity index (χ3v) is 6.38. The zero-order valence-electron chi connectivity index (χ0n) is 14.0. The van der Waals surface area contributed by atoms with E-state index in [-0.39, 0.29) is 24.5 Å². The van der Waals surface area contributed by atoms with E-state index in [1.807, 2.05) is 0 Å². The Morgan fingerprint density at radius 1 is 1.25 bits per heavy atom. The van der Waals surface area contributed by atoms with Crippen LogP contribution in [0.2, 0.25) is 0 Å². The zero-order valence-corrected chi connectivity index (χ0v) is 14.0. The lowest BCUT2D eigenvalue weighted by Crippen LogP contribution is -2.63. The summed E-state index contributed by atoms with van der Waals surface area (Å²) in [6.07, 6.45) is 3.73. The average molecular weight is 336 g/mol. The second-order valence-corrected chi connectivity index (χ2v) is 8.08. The minimum atomic E-state index is -0.670. The highest BCUT2D eigenvalue weighted by Crippen LogP contribution is 2.66. The van der Waals surface area contributed by atoms with Crippen LogP contribution in [0.3, 0.4) is 0 Å². The summed E-state index contributed by atoms with van der Waals surface area (Å²) in [4.78, 5) is 23.4. The molecule has 24 heavy (non-hydrogen) atoms. The highest BCUT2D eigenvalue weighted by Gasteiger charge is 2.68. The normalized spacial score (nSPS) is 45.5. The van der Waals surface area contributed by atoms with Crippen LogP contribution in [0, 0.1) is 23.2 Å². The maximum Gasteiger partial charge on any atom is 0.333 e. The van der Waals surface area contributed by atoms with Crippen molar-refractivity contribution in [3.8, 4) is 0 Å². The molecule has 0 aromatic carbocycles. The van der Waals surface area contributed by atoms with Crippen LogP contribution < -0.4 is 0 Å². The Bertz CT molecular complexity index is 580. The monoisotopic (exact) mass is 336 g/mol. The number of carboxylic acid groups (broad SMARTS) is 1. The molecule has 6 nitrogen and oxygen atoms in total. The van der Waals surface area contributed by atoms with Crippen LogP contribution in [0.1, 0.15) is 39.0 Å². The fourth-order valence-electron chi connectivity index (χ4n) is 5.54. The molecule has 4 bridgehead atoms. The van der Waals surface area contributed by atoms with Crippen LogP contribution in [0.5, 0.6) is 0 Å². The summed E-state index contributed by atoms with van der Waals surface area (Å²) >= 11 is 0. The lowest BCUT2D eigenvalue weighted by molar-refractivity contribution is -0.307. The van der Waals surface area contributed by atoms with Gasteiger partial charge in [-0.15, -0.1) is 0 Å². The van der Waals surface area contributed by atoms with E-state index < -0.39 is 23.1 Å². The molecule has 1 saturated heterocycles. The number of esters is 1. The average Bonchev–Trinajstić information content (AvgIpc) is 2.95. The molecule has 1 aliphatic heterocycles.